The number of anilines is 1. The molecule has 1 saturated heterocycles. The number of H-pyrrole nitrogens is 1. The topological polar surface area (TPSA) is 135 Å². The second-order valence-corrected chi connectivity index (χ2v) is 10.5. The fourth-order valence-corrected chi connectivity index (χ4v) is 5.13. The van der Waals surface area contributed by atoms with Crippen molar-refractivity contribution in [3.63, 3.8) is 0 Å². The molecule has 0 radical (unpaired) electrons. The number of hydrogen-bond donors (Lipinski definition) is 1. The molecule has 5 rings (SSSR count). The first-order valence-electron chi connectivity index (χ1n) is 13.5. The van der Waals surface area contributed by atoms with Gasteiger partial charge < -0.3 is 14.6 Å². The van der Waals surface area contributed by atoms with Crippen LogP contribution in [0.4, 0.5) is 11.4 Å². The van der Waals surface area contributed by atoms with Crippen molar-refractivity contribution in [2.24, 2.45) is 0 Å². The van der Waals surface area contributed by atoms with Crippen LogP contribution in [0.15, 0.2) is 53.3 Å². The molecular formula is C28H34N8O4. The van der Waals surface area contributed by atoms with Gasteiger partial charge in [-0.3, -0.25) is 19.8 Å². The number of non-ortho nitro benzene ring substituents is 1. The Hall–Kier alpha value is -4.32. The summed E-state index contributed by atoms with van der Waals surface area (Å²) in [5.74, 6) is 1.35. The highest BCUT2D eigenvalue weighted by Gasteiger charge is 2.35. The minimum atomic E-state index is -0.483. The van der Waals surface area contributed by atoms with Gasteiger partial charge in [-0.1, -0.05) is 6.92 Å². The molecule has 0 aliphatic carbocycles. The van der Waals surface area contributed by atoms with Crippen LogP contribution in [-0.4, -0.2) is 67.8 Å². The van der Waals surface area contributed by atoms with E-state index in [2.05, 4.69) is 51.1 Å². The number of nitro benzene ring substituents is 1. The molecule has 1 N–H and O–H groups in total. The number of aromatic nitrogens is 5. The Morgan fingerprint density at radius 3 is 2.45 bits per heavy atom. The summed E-state index contributed by atoms with van der Waals surface area (Å²) in [6.45, 7) is 11.3. The second-order valence-electron chi connectivity index (χ2n) is 10.5. The molecule has 0 unspecified atom stereocenters. The molecule has 0 saturated carbocycles. The average molecular weight is 547 g/mol. The first kappa shape index (κ1) is 27.3. The SMILES string of the molecule is CCOc1ccc2[nH]c(=O)c([C@@H](c3nnnn3C(C)(C)CC)N3CCN(c4ccc([N+](=O)[O-])cc4)CC3)cc2c1. The lowest BCUT2D eigenvalue weighted by atomic mass is 9.98. The van der Waals surface area contributed by atoms with Crippen molar-refractivity contribution >= 4 is 22.3 Å². The van der Waals surface area contributed by atoms with Gasteiger partial charge in [0.25, 0.3) is 11.2 Å². The summed E-state index contributed by atoms with van der Waals surface area (Å²) in [5.41, 5.74) is 1.73. The van der Waals surface area contributed by atoms with E-state index >= 15 is 0 Å². The predicted octanol–water partition coefficient (Wildman–Crippen LogP) is 3.88. The van der Waals surface area contributed by atoms with Crippen LogP contribution < -0.4 is 15.2 Å². The van der Waals surface area contributed by atoms with Gasteiger partial charge in [-0.15, -0.1) is 5.10 Å². The number of nitrogens with zero attached hydrogens (tertiary/aromatic N) is 7. The van der Waals surface area contributed by atoms with Gasteiger partial charge in [0, 0.05) is 60.5 Å². The summed E-state index contributed by atoms with van der Waals surface area (Å²) in [7, 11) is 0. The lowest BCUT2D eigenvalue weighted by Crippen LogP contribution is -2.49. The molecule has 12 nitrogen and oxygen atoms in total. The number of tetrazole rings is 1. The molecule has 40 heavy (non-hydrogen) atoms. The molecule has 1 atom stereocenters. The third kappa shape index (κ3) is 5.26. The van der Waals surface area contributed by atoms with Gasteiger partial charge in [0.15, 0.2) is 5.82 Å². The molecule has 2 aromatic carbocycles. The third-order valence-electron chi connectivity index (χ3n) is 7.73. The molecule has 0 amide bonds. The van der Waals surface area contributed by atoms with Crippen molar-refractivity contribution in [3.8, 4) is 5.75 Å². The van der Waals surface area contributed by atoms with Crippen molar-refractivity contribution in [2.45, 2.75) is 45.7 Å². The molecule has 0 spiro atoms. The summed E-state index contributed by atoms with van der Waals surface area (Å²) >= 11 is 0. The number of pyridine rings is 1. The monoisotopic (exact) mass is 546 g/mol. The van der Waals surface area contributed by atoms with Crippen LogP contribution in [0, 0.1) is 10.1 Å². The number of nitrogens with one attached hydrogen (secondary N) is 1. The highest BCUT2D eigenvalue weighted by atomic mass is 16.6. The van der Waals surface area contributed by atoms with Gasteiger partial charge >= 0.3 is 0 Å². The van der Waals surface area contributed by atoms with Crippen molar-refractivity contribution in [1.82, 2.24) is 30.1 Å². The Morgan fingerprint density at radius 1 is 1.07 bits per heavy atom. The molecule has 1 fully saturated rings. The number of benzene rings is 2. The number of rotatable bonds is 9. The number of ether oxygens (including phenoxy) is 1. The zero-order valence-electron chi connectivity index (χ0n) is 23.2. The normalized spacial score (nSPS) is 15.3. The Bertz CT molecular complexity index is 1550. The molecule has 1 aliphatic rings. The first-order valence-corrected chi connectivity index (χ1v) is 13.5. The quantitative estimate of drug-likeness (QED) is 0.245. The van der Waals surface area contributed by atoms with Gasteiger partial charge in [-0.25, -0.2) is 4.68 Å². The van der Waals surface area contributed by atoms with E-state index in [1.54, 1.807) is 12.1 Å². The maximum Gasteiger partial charge on any atom is 0.269 e. The molecule has 210 valence electrons. The standard InChI is InChI=1S/C28H34N8O4/c1-5-28(3,4)35-26(30-31-32-35)25(23-18-19-17-22(40-6-2)11-12-24(19)29-27(23)37)34-15-13-33(14-16-34)20-7-9-21(10-8-20)36(38)39/h7-12,17-18,25H,5-6,13-16H2,1-4H3,(H,29,37)/t25-/m0/s1. The lowest BCUT2D eigenvalue weighted by Gasteiger charge is -2.40. The van der Waals surface area contributed by atoms with E-state index < -0.39 is 11.0 Å². The fraction of sp³-hybridized carbons (Fsp3) is 0.429. The summed E-state index contributed by atoms with van der Waals surface area (Å²) < 4.78 is 7.54. The van der Waals surface area contributed by atoms with Crippen LogP contribution in [0.25, 0.3) is 10.9 Å². The third-order valence-corrected chi connectivity index (χ3v) is 7.73. The Kier molecular flexibility index (Phi) is 7.53. The number of nitro groups is 1. The average Bonchev–Trinajstić information content (AvgIpc) is 3.45. The van der Waals surface area contributed by atoms with E-state index in [4.69, 9.17) is 4.74 Å². The van der Waals surface area contributed by atoms with Crippen LogP contribution in [0.3, 0.4) is 0 Å². The molecule has 3 heterocycles. The number of hydrogen-bond acceptors (Lipinski definition) is 9. The highest BCUT2D eigenvalue weighted by molar-refractivity contribution is 5.80. The second kappa shape index (κ2) is 11.0. The van der Waals surface area contributed by atoms with Crippen LogP contribution in [0.1, 0.15) is 51.5 Å². The summed E-state index contributed by atoms with van der Waals surface area (Å²) in [6.07, 6.45) is 0.803. The van der Waals surface area contributed by atoms with Gasteiger partial charge in [-0.05, 0) is 74.0 Å². The maximum atomic E-state index is 13.6. The minimum absolute atomic E-state index is 0.0656. The minimum Gasteiger partial charge on any atom is -0.494 e. The number of aromatic amines is 1. The van der Waals surface area contributed by atoms with Crippen LogP contribution in [-0.2, 0) is 5.54 Å². The Labute approximate surface area is 231 Å². The van der Waals surface area contributed by atoms with Gasteiger partial charge in [-0.2, -0.15) is 0 Å². The van der Waals surface area contributed by atoms with Crippen molar-refractivity contribution in [2.75, 3.05) is 37.7 Å². The Balaban J connectivity index is 1.53. The van der Waals surface area contributed by atoms with E-state index in [-0.39, 0.29) is 16.8 Å². The van der Waals surface area contributed by atoms with Gasteiger partial charge in [0.05, 0.1) is 17.1 Å². The number of fused-ring (bicyclic) bond motifs is 1. The van der Waals surface area contributed by atoms with E-state index in [0.29, 0.717) is 44.2 Å². The molecule has 0 bridgehead atoms. The number of piperazine rings is 1. The van der Waals surface area contributed by atoms with E-state index in [9.17, 15) is 14.9 Å². The lowest BCUT2D eigenvalue weighted by molar-refractivity contribution is -0.384. The molecular weight excluding hydrogens is 512 g/mol. The zero-order valence-corrected chi connectivity index (χ0v) is 23.2. The van der Waals surface area contributed by atoms with E-state index in [1.165, 1.54) is 12.1 Å². The van der Waals surface area contributed by atoms with Gasteiger partial charge in [0.1, 0.15) is 11.8 Å². The predicted molar refractivity (Wildman–Crippen MR) is 152 cm³/mol. The molecule has 2 aromatic heterocycles. The van der Waals surface area contributed by atoms with Crippen molar-refractivity contribution in [1.29, 1.82) is 0 Å². The van der Waals surface area contributed by atoms with E-state index in [1.807, 2.05) is 35.9 Å². The zero-order chi connectivity index (χ0) is 28.4. The van der Waals surface area contributed by atoms with Crippen molar-refractivity contribution < 1.29 is 9.66 Å². The highest BCUT2D eigenvalue weighted by Crippen LogP contribution is 2.32. The fourth-order valence-electron chi connectivity index (χ4n) is 5.13. The Morgan fingerprint density at radius 2 is 1.80 bits per heavy atom. The summed E-state index contributed by atoms with van der Waals surface area (Å²) in [6, 6.07) is 13.7. The largest absolute Gasteiger partial charge is 0.494 e. The smallest absolute Gasteiger partial charge is 0.269 e. The summed E-state index contributed by atoms with van der Waals surface area (Å²) in [5, 5.41) is 24.8. The van der Waals surface area contributed by atoms with E-state index in [0.717, 1.165) is 28.8 Å². The van der Waals surface area contributed by atoms with Crippen LogP contribution in [0.5, 0.6) is 5.75 Å². The van der Waals surface area contributed by atoms with Crippen molar-refractivity contribution in [3.05, 3.63) is 80.4 Å². The van der Waals surface area contributed by atoms with Crippen LogP contribution in [0.2, 0.25) is 0 Å². The first-order chi connectivity index (χ1) is 19.2. The molecule has 12 heteroatoms. The molecule has 1 aliphatic heterocycles. The van der Waals surface area contributed by atoms with Gasteiger partial charge in [0.2, 0.25) is 0 Å². The maximum absolute atomic E-state index is 13.6. The van der Waals surface area contributed by atoms with Crippen LogP contribution >= 0.6 is 0 Å². The molecule has 4 aromatic rings. The summed E-state index contributed by atoms with van der Waals surface area (Å²) in [4.78, 5) is 31.7.